The van der Waals surface area contributed by atoms with Gasteiger partial charge in [-0.05, 0) is 61.0 Å². The molecular formula is C23H18N2O5. The van der Waals surface area contributed by atoms with Gasteiger partial charge < -0.3 is 19.6 Å². The second kappa shape index (κ2) is 8.80. The van der Waals surface area contributed by atoms with Gasteiger partial charge in [0.25, 0.3) is 5.91 Å². The van der Waals surface area contributed by atoms with E-state index in [-0.39, 0.29) is 11.1 Å². The topological polar surface area (TPSA) is 113 Å². The highest BCUT2D eigenvalue weighted by Crippen LogP contribution is 2.27. The smallest absolute Gasteiger partial charge is 0.335 e. The first-order chi connectivity index (χ1) is 14.4. The van der Waals surface area contributed by atoms with Crippen LogP contribution in [-0.2, 0) is 4.79 Å². The molecule has 1 amide bonds. The zero-order chi connectivity index (χ0) is 21.7. The van der Waals surface area contributed by atoms with E-state index in [4.69, 9.17) is 14.3 Å². The van der Waals surface area contributed by atoms with Crippen LogP contribution in [0.1, 0.15) is 21.7 Å². The Kier molecular flexibility index (Phi) is 5.99. The molecule has 0 bridgehead atoms. The van der Waals surface area contributed by atoms with E-state index in [0.29, 0.717) is 23.0 Å². The van der Waals surface area contributed by atoms with Crippen molar-refractivity contribution in [2.24, 2.45) is 0 Å². The molecule has 7 nitrogen and oxygen atoms in total. The molecular weight excluding hydrogens is 384 g/mol. The van der Waals surface area contributed by atoms with Crippen LogP contribution in [0.2, 0.25) is 0 Å². The second-order valence-corrected chi connectivity index (χ2v) is 6.39. The van der Waals surface area contributed by atoms with Gasteiger partial charge in [-0.15, -0.1) is 0 Å². The minimum atomic E-state index is -1.01. The maximum absolute atomic E-state index is 12.4. The number of hydrogen-bond donors (Lipinski definition) is 2. The summed E-state index contributed by atoms with van der Waals surface area (Å²) < 4.78 is 10.8. The Bertz CT molecular complexity index is 1170. The summed E-state index contributed by atoms with van der Waals surface area (Å²) in [5, 5.41) is 21.1. The molecule has 0 aliphatic rings. The lowest BCUT2D eigenvalue weighted by molar-refractivity contribution is -0.112. The van der Waals surface area contributed by atoms with Crippen LogP contribution in [0, 0.1) is 18.3 Å². The second-order valence-electron chi connectivity index (χ2n) is 6.39. The number of carboxylic acids is 1. The molecule has 3 rings (SSSR count). The summed E-state index contributed by atoms with van der Waals surface area (Å²) in [4.78, 5) is 23.5. The van der Waals surface area contributed by atoms with Gasteiger partial charge in [0.2, 0.25) is 0 Å². The average molecular weight is 402 g/mol. The third kappa shape index (κ3) is 4.56. The van der Waals surface area contributed by atoms with Crippen molar-refractivity contribution in [2.45, 2.75) is 6.92 Å². The van der Waals surface area contributed by atoms with Gasteiger partial charge in [0.05, 0.1) is 12.7 Å². The number of furan rings is 1. The molecule has 0 radical (unpaired) electrons. The molecule has 0 saturated carbocycles. The number of carboxylic acid groups (broad SMARTS) is 1. The van der Waals surface area contributed by atoms with E-state index >= 15 is 0 Å². The van der Waals surface area contributed by atoms with Crippen LogP contribution in [0.15, 0.2) is 64.6 Å². The van der Waals surface area contributed by atoms with Crippen molar-refractivity contribution in [1.29, 1.82) is 5.26 Å². The molecule has 30 heavy (non-hydrogen) atoms. The van der Waals surface area contributed by atoms with Gasteiger partial charge in [0, 0.05) is 17.3 Å². The molecule has 150 valence electrons. The number of methoxy groups -OCH3 is 1. The molecule has 2 N–H and O–H groups in total. The Balaban J connectivity index is 1.80. The maximum atomic E-state index is 12.4. The molecule has 0 fully saturated rings. The zero-order valence-corrected chi connectivity index (χ0v) is 16.3. The number of benzene rings is 2. The SMILES string of the molecule is COc1ccc(NC(=O)/C(C#N)=C/c2ccc(-c3ccc(C(=O)O)cc3C)o2)cc1. The summed E-state index contributed by atoms with van der Waals surface area (Å²) in [5.41, 5.74) is 2.05. The number of amides is 1. The van der Waals surface area contributed by atoms with Crippen LogP contribution < -0.4 is 10.1 Å². The first kappa shape index (κ1) is 20.4. The van der Waals surface area contributed by atoms with E-state index in [1.807, 2.05) is 6.07 Å². The highest BCUT2D eigenvalue weighted by Gasteiger charge is 2.13. The minimum Gasteiger partial charge on any atom is -0.497 e. The molecule has 0 unspecified atom stereocenters. The van der Waals surface area contributed by atoms with Gasteiger partial charge in [-0.25, -0.2) is 4.79 Å². The van der Waals surface area contributed by atoms with E-state index in [0.717, 1.165) is 11.1 Å². The summed E-state index contributed by atoms with van der Waals surface area (Å²) in [6, 6.07) is 16.6. The lowest BCUT2D eigenvalue weighted by Crippen LogP contribution is -2.13. The maximum Gasteiger partial charge on any atom is 0.335 e. The Morgan fingerprint density at radius 1 is 1.13 bits per heavy atom. The predicted octanol–water partition coefficient (Wildman–Crippen LogP) is 4.51. The van der Waals surface area contributed by atoms with Crippen molar-refractivity contribution in [3.63, 3.8) is 0 Å². The highest BCUT2D eigenvalue weighted by atomic mass is 16.5. The van der Waals surface area contributed by atoms with E-state index in [1.54, 1.807) is 62.6 Å². The number of carbonyl (C=O) groups is 2. The number of nitrogens with zero attached hydrogens (tertiary/aromatic N) is 1. The lowest BCUT2D eigenvalue weighted by atomic mass is 10.0. The first-order valence-corrected chi connectivity index (χ1v) is 8.92. The summed E-state index contributed by atoms with van der Waals surface area (Å²) in [6.45, 7) is 1.78. The number of carbonyl (C=O) groups excluding carboxylic acids is 1. The molecule has 0 saturated heterocycles. The summed E-state index contributed by atoms with van der Waals surface area (Å²) in [6.07, 6.45) is 1.35. The van der Waals surface area contributed by atoms with Crippen molar-refractivity contribution >= 4 is 23.6 Å². The van der Waals surface area contributed by atoms with Gasteiger partial charge in [-0.3, -0.25) is 4.79 Å². The molecule has 0 aliphatic heterocycles. The fraction of sp³-hybridized carbons (Fsp3) is 0.0870. The summed E-state index contributed by atoms with van der Waals surface area (Å²) in [5.74, 6) is -0.0904. The number of aromatic carboxylic acids is 1. The van der Waals surface area contributed by atoms with E-state index in [1.165, 1.54) is 12.1 Å². The molecule has 0 atom stereocenters. The fourth-order valence-electron chi connectivity index (χ4n) is 2.81. The van der Waals surface area contributed by atoms with Gasteiger partial charge >= 0.3 is 5.97 Å². The molecule has 0 spiro atoms. The lowest BCUT2D eigenvalue weighted by Gasteiger charge is -2.05. The molecule has 0 aliphatic carbocycles. The van der Waals surface area contributed by atoms with Crippen molar-refractivity contribution in [1.82, 2.24) is 0 Å². The van der Waals surface area contributed by atoms with Crippen LogP contribution in [0.4, 0.5) is 5.69 Å². The van der Waals surface area contributed by atoms with Crippen LogP contribution in [0.5, 0.6) is 5.75 Å². The number of nitrogens with one attached hydrogen (secondary N) is 1. The van der Waals surface area contributed by atoms with Crippen molar-refractivity contribution in [2.75, 3.05) is 12.4 Å². The number of rotatable bonds is 6. The zero-order valence-electron chi connectivity index (χ0n) is 16.3. The Morgan fingerprint density at radius 3 is 2.47 bits per heavy atom. The molecule has 3 aromatic rings. The largest absolute Gasteiger partial charge is 0.497 e. The first-order valence-electron chi connectivity index (χ1n) is 8.92. The quantitative estimate of drug-likeness (QED) is 0.463. The molecule has 2 aromatic carbocycles. The van der Waals surface area contributed by atoms with Gasteiger partial charge in [-0.2, -0.15) is 5.26 Å². The fourth-order valence-corrected chi connectivity index (χ4v) is 2.81. The number of aryl methyl sites for hydroxylation is 1. The van der Waals surface area contributed by atoms with Crippen LogP contribution in [0.25, 0.3) is 17.4 Å². The van der Waals surface area contributed by atoms with E-state index in [9.17, 15) is 14.9 Å². The molecule has 1 heterocycles. The molecule has 7 heteroatoms. The summed E-state index contributed by atoms with van der Waals surface area (Å²) >= 11 is 0. The van der Waals surface area contributed by atoms with Crippen LogP contribution in [-0.4, -0.2) is 24.1 Å². The van der Waals surface area contributed by atoms with Crippen molar-refractivity contribution < 1.29 is 23.8 Å². The van der Waals surface area contributed by atoms with Gasteiger partial charge in [-0.1, -0.05) is 6.07 Å². The predicted molar refractivity (Wildman–Crippen MR) is 111 cm³/mol. The van der Waals surface area contributed by atoms with Gasteiger partial charge in [0.15, 0.2) is 0 Å². The van der Waals surface area contributed by atoms with E-state index in [2.05, 4.69) is 5.32 Å². The van der Waals surface area contributed by atoms with Crippen molar-refractivity contribution in [3.05, 3.63) is 77.1 Å². The minimum absolute atomic E-state index is 0.121. The number of ether oxygens (including phenoxy) is 1. The van der Waals surface area contributed by atoms with Crippen LogP contribution in [0.3, 0.4) is 0 Å². The number of anilines is 1. The average Bonchev–Trinajstić information content (AvgIpc) is 3.20. The molecule has 1 aromatic heterocycles. The highest BCUT2D eigenvalue weighted by molar-refractivity contribution is 6.09. The van der Waals surface area contributed by atoms with E-state index < -0.39 is 11.9 Å². The number of hydrogen-bond acceptors (Lipinski definition) is 5. The Morgan fingerprint density at radius 2 is 1.87 bits per heavy atom. The van der Waals surface area contributed by atoms with Crippen LogP contribution >= 0.6 is 0 Å². The third-order valence-corrected chi connectivity index (χ3v) is 4.37. The van der Waals surface area contributed by atoms with Gasteiger partial charge in [0.1, 0.15) is 28.9 Å². The normalized spacial score (nSPS) is 10.9. The summed E-state index contributed by atoms with van der Waals surface area (Å²) in [7, 11) is 1.55. The monoisotopic (exact) mass is 402 g/mol. The van der Waals surface area contributed by atoms with Crippen molar-refractivity contribution in [3.8, 4) is 23.1 Å². The number of nitriles is 1. The standard InChI is InChI=1S/C23H18N2O5/c1-14-11-15(23(27)28)3-9-20(14)21-10-8-19(30-21)12-16(13-24)22(26)25-17-4-6-18(29-2)7-5-17/h3-12H,1-2H3,(H,25,26)(H,27,28)/b16-12+. The Hall–Kier alpha value is -4.31. The third-order valence-electron chi connectivity index (χ3n) is 4.37. The Labute approximate surface area is 172 Å².